The summed E-state index contributed by atoms with van der Waals surface area (Å²) in [6.07, 6.45) is 0. The lowest BCUT2D eigenvalue weighted by molar-refractivity contribution is -0.121. The van der Waals surface area contributed by atoms with Gasteiger partial charge in [-0.3, -0.25) is 14.2 Å². The van der Waals surface area contributed by atoms with E-state index >= 15 is 0 Å². The van der Waals surface area contributed by atoms with Crippen molar-refractivity contribution in [2.45, 2.75) is 34.2 Å². The van der Waals surface area contributed by atoms with E-state index in [1.54, 1.807) is 30.3 Å². The van der Waals surface area contributed by atoms with E-state index in [4.69, 9.17) is 0 Å². The summed E-state index contributed by atoms with van der Waals surface area (Å²) in [4.78, 5) is 38.7. The number of hydrogen-bond acceptors (Lipinski definition) is 3. The van der Waals surface area contributed by atoms with Gasteiger partial charge in [0.1, 0.15) is 6.54 Å². The first-order valence-electron chi connectivity index (χ1n) is 9.38. The molecule has 146 valence electrons. The number of aryl methyl sites for hydroxylation is 2. The number of rotatable bonds is 5. The molecule has 28 heavy (non-hydrogen) atoms. The van der Waals surface area contributed by atoms with Crippen LogP contribution >= 0.6 is 0 Å². The van der Waals surface area contributed by atoms with Crippen LogP contribution in [0.2, 0.25) is 0 Å². The number of hydrogen-bond donors (Lipinski definition) is 1. The number of carbonyl (C=O) groups excluding carboxylic acids is 1. The molecule has 1 aromatic heterocycles. The zero-order chi connectivity index (χ0) is 20.4. The minimum atomic E-state index is -0.522. The van der Waals surface area contributed by atoms with Gasteiger partial charge in [-0.15, -0.1) is 0 Å². The van der Waals surface area contributed by atoms with Gasteiger partial charge in [0, 0.05) is 6.54 Å². The van der Waals surface area contributed by atoms with Crippen LogP contribution in [0.1, 0.15) is 25.0 Å². The van der Waals surface area contributed by atoms with Gasteiger partial charge >= 0.3 is 5.69 Å². The third-order valence-electron chi connectivity index (χ3n) is 4.81. The molecule has 1 amide bonds. The van der Waals surface area contributed by atoms with E-state index in [-0.39, 0.29) is 18.0 Å². The maximum Gasteiger partial charge on any atom is 0.336 e. The highest BCUT2D eigenvalue weighted by Gasteiger charge is 2.16. The van der Waals surface area contributed by atoms with E-state index < -0.39 is 5.69 Å². The molecule has 0 bridgehead atoms. The molecule has 6 nitrogen and oxygen atoms in total. The fourth-order valence-electron chi connectivity index (χ4n) is 3.08. The van der Waals surface area contributed by atoms with Crippen LogP contribution in [0.5, 0.6) is 0 Å². The number of carbonyl (C=O) groups is 1. The Morgan fingerprint density at radius 2 is 1.75 bits per heavy atom. The number of fused-ring (bicyclic) bond motifs is 1. The van der Waals surface area contributed by atoms with Crippen LogP contribution in [0.3, 0.4) is 0 Å². The van der Waals surface area contributed by atoms with Crippen LogP contribution in [0.4, 0.5) is 0 Å². The molecule has 0 unspecified atom stereocenters. The van der Waals surface area contributed by atoms with Crippen LogP contribution in [0, 0.1) is 19.8 Å². The molecule has 1 N–H and O–H groups in total. The van der Waals surface area contributed by atoms with E-state index in [2.05, 4.69) is 5.32 Å². The van der Waals surface area contributed by atoms with Crippen molar-refractivity contribution in [3.8, 4) is 5.69 Å². The van der Waals surface area contributed by atoms with Crippen LogP contribution in [-0.2, 0) is 11.3 Å². The van der Waals surface area contributed by atoms with Crippen LogP contribution in [0.15, 0.2) is 52.1 Å². The van der Waals surface area contributed by atoms with Crippen molar-refractivity contribution in [1.82, 2.24) is 14.5 Å². The van der Waals surface area contributed by atoms with E-state index in [1.165, 1.54) is 4.57 Å². The molecule has 0 saturated heterocycles. The van der Waals surface area contributed by atoms with Gasteiger partial charge < -0.3 is 5.32 Å². The second-order valence-corrected chi connectivity index (χ2v) is 7.49. The van der Waals surface area contributed by atoms with Crippen molar-refractivity contribution < 1.29 is 4.79 Å². The second kappa shape index (κ2) is 7.84. The van der Waals surface area contributed by atoms with Crippen LogP contribution < -0.4 is 16.6 Å². The summed E-state index contributed by atoms with van der Waals surface area (Å²) in [6.45, 7) is 8.30. The molecule has 1 heterocycles. The molecule has 0 aliphatic carbocycles. The molecule has 0 radical (unpaired) electrons. The summed E-state index contributed by atoms with van der Waals surface area (Å²) in [5.41, 5.74) is 2.11. The zero-order valence-electron chi connectivity index (χ0n) is 16.7. The minimum absolute atomic E-state index is 0.142. The van der Waals surface area contributed by atoms with Gasteiger partial charge in [0.05, 0.1) is 16.6 Å². The molecule has 0 spiro atoms. The van der Waals surface area contributed by atoms with Gasteiger partial charge in [-0.2, -0.15) is 0 Å². The first-order valence-corrected chi connectivity index (χ1v) is 9.38. The fraction of sp³-hybridized carbons (Fsp3) is 0.318. The topological polar surface area (TPSA) is 73.1 Å². The highest BCUT2D eigenvalue weighted by molar-refractivity contribution is 5.81. The Kier molecular flexibility index (Phi) is 5.49. The normalized spacial score (nSPS) is 11.2. The Balaban J connectivity index is 2.20. The minimum Gasteiger partial charge on any atom is -0.354 e. The summed E-state index contributed by atoms with van der Waals surface area (Å²) in [7, 11) is 0. The third-order valence-corrected chi connectivity index (χ3v) is 4.81. The molecule has 3 aromatic rings. The van der Waals surface area contributed by atoms with Crippen LogP contribution in [-0.4, -0.2) is 21.6 Å². The first-order chi connectivity index (χ1) is 13.3. The Bertz CT molecular complexity index is 1160. The predicted molar refractivity (Wildman–Crippen MR) is 111 cm³/mol. The molecular weight excluding hydrogens is 354 g/mol. The van der Waals surface area contributed by atoms with Gasteiger partial charge in [-0.25, -0.2) is 9.36 Å². The molecule has 0 aliphatic heterocycles. The maximum absolute atomic E-state index is 13.2. The highest BCUT2D eigenvalue weighted by Crippen LogP contribution is 2.14. The fourth-order valence-corrected chi connectivity index (χ4v) is 3.08. The van der Waals surface area contributed by atoms with Crippen LogP contribution in [0.25, 0.3) is 16.6 Å². The van der Waals surface area contributed by atoms with Gasteiger partial charge in [0.2, 0.25) is 5.91 Å². The number of benzene rings is 2. The average Bonchev–Trinajstić information content (AvgIpc) is 2.66. The zero-order valence-corrected chi connectivity index (χ0v) is 16.7. The van der Waals surface area contributed by atoms with Crippen molar-refractivity contribution in [3.05, 3.63) is 74.4 Å². The smallest absolute Gasteiger partial charge is 0.336 e. The van der Waals surface area contributed by atoms with Crippen molar-refractivity contribution in [1.29, 1.82) is 0 Å². The average molecular weight is 379 g/mol. The molecule has 0 atom stereocenters. The third kappa shape index (κ3) is 3.76. The van der Waals surface area contributed by atoms with Crippen molar-refractivity contribution >= 4 is 16.8 Å². The van der Waals surface area contributed by atoms with Gasteiger partial charge in [-0.05, 0) is 55.2 Å². The monoisotopic (exact) mass is 379 g/mol. The van der Waals surface area contributed by atoms with Crippen molar-refractivity contribution in [3.63, 3.8) is 0 Å². The van der Waals surface area contributed by atoms with E-state index in [9.17, 15) is 14.4 Å². The lowest BCUT2D eigenvalue weighted by Gasteiger charge is -2.15. The summed E-state index contributed by atoms with van der Waals surface area (Å²) >= 11 is 0. The number of nitrogens with one attached hydrogen (secondary N) is 1. The SMILES string of the molecule is Cc1ccc(-n2c(=O)c3ccccc3n(CC(=O)NCC(C)C)c2=O)cc1C. The molecule has 2 aromatic carbocycles. The molecule has 6 heteroatoms. The lowest BCUT2D eigenvalue weighted by Crippen LogP contribution is -2.42. The van der Waals surface area contributed by atoms with E-state index in [0.717, 1.165) is 15.7 Å². The lowest BCUT2D eigenvalue weighted by atomic mass is 10.1. The molecule has 0 aliphatic rings. The van der Waals surface area contributed by atoms with Crippen molar-refractivity contribution in [2.24, 2.45) is 5.92 Å². The first kappa shape index (κ1) is 19.6. The molecular formula is C22H25N3O3. The molecule has 0 saturated carbocycles. The van der Waals surface area contributed by atoms with E-state index in [1.807, 2.05) is 39.8 Å². The standard InChI is InChI=1S/C22H25N3O3/c1-14(2)12-23-20(26)13-24-19-8-6-5-7-18(19)21(27)25(22(24)28)17-10-9-15(3)16(4)11-17/h5-11,14H,12-13H2,1-4H3,(H,23,26). The molecule has 0 fully saturated rings. The predicted octanol–water partition coefficient (Wildman–Crippen LogP) is 2.54. The Labute approximate surface area is 163 Å². The number of amides is 1. The Morgan fingerprint density at radius 1 is 1.04 bits per heavy atom. The largest absolute Gasteiger partial charge is 0.354 e. The van der Waals surface area contributed by atoms with Gasteiger partial charge in [0.15, 0.2) is 0 Å². The Hall–Kier alpha value is -3.15. The number of nitrogens with zero attached hydrogens (tertiary/aromatic N) is 2. The summed E-state index contributed by atoms with van der Waals surface area (Å²) in [6, 6.07) is 12.3. The Morgan fingerprint density at radius 3 is 2.43 bits per heavy atom. The van der Waals surface area contributed by atoms with Crippen molar-refractivity contribution in [2.75, 3.05) is 6.54 Å². The second-order valence-electron chi connectivity index (χ2n) is 7.49. The number of aromatic nitrogens is 2. The van der Waals surface area contributed by atoms with Gasteiger partial charge in [0.25, 0.3) is 5.56 Å². The summed E-state index contributed by atoms with van der Waals surface area (Å²) in [5, 5.41) is 3.23. The highest BCUT2D eigenvalue weighted by atomic mass is 16.2. The quantitative estimate of drug-likeness (QED) is 0.740. The molecule has 3 rings (SSSR count). The van der Waals surface area contributed by atoms with E-state index in [0.29, 0.717) is 29.1 Å². The summed E-state index contributed by atoms with van der Waals surface area (Å²) < 4.78 is 2.51. The maximum atomic E-state index is 13.2. The summed E-state index contributed by atoms with van der Waals surface area (Å²) in [5.74, 6) is 0.0492. The number of para-hydroxylation sites is 1. The van der Waals surface area contributed by atoms with Gasteiger partial charge in [-0.1, -0.05) is 32.0 Å².